The zero-order chi connectivity index (χ0) is 14.8. The Morgan fingerprint density at radius 1 is 1.19 bits per heavy atom. The molecule has 3 nitrogen and oxygen atoms in total. The Balaban J connectivity index is 2.17. The summed E-state index contributed by atoms with van der Waals surface area (Å²) in [6, 6.07) is 16.6. The van der Waals surface area contributed by atoms with Gasteiger partial charge in [0.15, 0.2) is 0 Å². The van der Waals surface area contributed by atoms with Crippen LogP contribution >= 0.6 is 11.6 Å². The molecule has 4 heteroatoms. The van der Waals surface area contributed by atoms with Crippen molar-refractivity contribution < 1.29 is 0 Å². The first kappa shape index (κ1) is 14.1. The van der Waals surface area contributed by atoms with Gasteiger partial charge in [-0.2, -0.15) is 0 Å². The predicted molar refractivity (Wildman–Crippen MR) is 89.3 cm³/mol. The second-order valence-electron chi connectivity index (χ2n) is 5.26. The van der Waals surface area contributed by atoms with E-state index in [1.807, 2.05) is 31.3 Å². The predicted octanol–water partition coefficient (Wildman–Crippen LogP) is 3.82. The van der Waals surface area contributed by atoms with Crippen LogP contribution in [0.1, 0.15) is 17.2 Å². The summed E-state index contributed by atoms with van der Waals surface area (Å²) < 4.78 is 0. The fourth-order valence-electron chi connectivity index (χ4n) is 2.83. The second-order valence-corrected chi connectivity index (χ2v) is 5.69. The zero-order valence-electron chi connectivity index (χ0n) is 12.2. The summed E-state index contributed by atoms with van der Waals surface area (Å²) >= 11 is 6.22. The van der Waals surface area contributed by atoms with Crippen LogP contribution in [0, 0.1) is 0 Å². The maximum atomic E-state index is 6.22. The van der Waals surface area contributed by atoms with Gasteiger partial charge >= 0.3 is 0 Å². The van der Waals surface area contributed by atoms with E-state index in [4.69, 9.17) is 11.6 Å². The Bertz CT molecular complexity index is 667. The summed E-state index contributed by atoms with van der Waals surface area (Å²) in [4.78, 5) is 6.62. The molecule has 0 bridgehead atoms. The van der Waals surface area contributed by atoms with E-state index in [1.165, 1.54) is 11.1 Å². The number of aliphatic imine (C=N–C) groups is 1. The number of nitrogens with one attached hydrogen (secondary N) is 1. The first-order valence-corrected chi connectivity index (χ1v) is 7.34. The molecule has 0 saturated heterocycles. The summed E-state index contributed by atoms with van der Waals surface area (Å²) in [7, 11) is 3.93. The number of rotatable bonds is 1. The molecule has 21 heavy (non-hydrogen) atoms. The van der Waals surface area contributed by atoms with Gasteiger partial charge in [0.05, 0.1) is 12.6 Å². The number of anilines is 1. The lowest BCUT2D eigenvalue weighted by molar-refractivity contribution is 0.321. The van der Waals surface area contributed by atoms with Crippen LogP contribution < -0.4 is 5.32 Å². The van der Waals surface area contributed by atoms with Gasteiger partial charge in [-0.3, -0.25) is 9.89 Å². The van der Waals surface area contributed by atoms with Gasteiger partial charge in [0.1, 0.15) is 5.84 Å². The lowest BCUT2D eigenvalue weighted by Crippen LogP contribution is -2.30. The number of halogens is 1. The van der Waals surface area contributed by atoms with E-state index < -0.39 is 0 Å². The third-order valence-electron chi connectivity index (χ3n) is 3.81. The number of fused-ring (bicyclic) bond motifs is 1. The van der Waals surface area contributed by atoms with Crippen LogP contribution in [0.2, 0.25) is 5.02 Å². The van der Waals surface area contributed by atoms with Crippen molar-refractivity contribution in [2.24, 2.45) is 4.99 Å². The van der Waals surface area contributed by atoms with Gasteiger partial charge in [-0.05, 0) is 36.4 Å². The summed E-state index contributed by atoms with van der Waals surface area (Å²) in [5, 5.41) is 4.17. The Morgan fingerprint density at radius 3 is 2.67 bits per heavy atom. The van der Waals surface area contributed by atoms with Gasteiger partial charge in [0.2, 0.25) is 0 Å². The normalized spacial score (nSPS) is 20.7. The molecule has 0 aliphatic carbocycles. The molecule has 0 spiro atoms. The van der Waals surface area contributed by atoms with Crippen LogP contribution in [-0.2, 0) is 0 Å². The number of benzene rings is 2. The average molecular weight is 300 g/mol. The van der Waals surface area contributed by atoms with Crippen LogP contribution in [0.4, 0.5) is 5.69 Å². The monoisotopic (exact) mass is 299 g/mol. The standard InChI is InChI=1S/C17H18ClN3/c1-19-16-11-21(2)17(12-6-4-3-5-7-12)14-10-13(18)8-9-15(14)20-16/h3-10,17H,11H2,1-2H3,(H,19,20). The third kappa shape index (κ3) is 2.80. The molecule has 0 saturated carbocycles. The molecule has 1 heterocycles. The fraction of sp³-hybridized carbons (Fsp3) is 0.235. The molecule has 1 aliphatic rings. The van der Waals surface area contributed by atoms with Crippen molar-refractivity contribution in [1.82, 2.24) is 4.90 Å². The van der Waals surface area contributed by atoms with E-state index in [-0.39, 0.29) is 6.04 Å². The molecule has 1 N–H and O–H groups in total. The highest BCUT2D eigenvalue weighted by atomic mass is 35.5. The number of nitrogens with zero attached hydrogens (tertiary/aromatic N) is 2. The first-order chi connectivity index (χ1) is 10.2. The fourth-order valence-corrected chi connectivity index (χ4v) is 3.01. The lowest BCUT2D eigenvalue weighted by atomic mass is 9.96. The molecule has 1 aliphatic heterocycles. The van der Waals surface area contributed by atoms with Crippen molar-refractivity contribution in [3.63, 3.8) is 0 Å². The number of hydrogen-bond donors (Lipinski definition) is 1. The van der Waals surface area contributed by atoms with Gasteiger partial charge in [0, 0.05) is 17.8 Å². The molecular weight excluding hydrogens is 282 g/mol. The van der Waals surface area contributed by atoms with Crippen molar-refractivity contribution in [2.75, 3.05) is 26.0 Å². The minimum atomic E-state index is 0.159. The molecule has 108 valence electrons. The van der Waals surface area contributed by atoms with Crippen LogP contribution in [0.5, 0.6) is 0 Å². The van der Waals surface area contributed by atoms with Gasteiger partial charge in [-0.25, -0.2) is 0 Å². The highest BCUT2D eigenvalue weighted by Gasteiger charge is 2.26. The number of amidine groups is 1. The van der Waals surface area contributed by atoms with Crippen molar-refractivity contribution in [3.8, 4) is 0 Å². The average Bonchev–Trinajstić information content (AvgIpc) is 2.63. The number of hydrogen-bond acceptors (Lipinski definition) is 2. The Hall–Kier alpha value is -1.84. The Labute approximate surface area is 130 Å². The number of likely N-dealkylation sites (N-methyl/N-ethyl adjacent to an activating group) is 1. The van der Waals surface area contributed by atoms with Gasteiger partial charge < -0.3 is 5.32 Å². The molecule has 3 rings (SSSR count). The minimum Gasteiger partial charge on any atom is -0.343 e. The summed E-state index contributed by atoms with van der Waals surface area (Å²) in [6.45, 7) is 0.766. The topological polar surface area (TPSA) is 27.6 Å². The molecule has 1 unspecified atom stereocenters. The van der Waals surface area contributed by atoms with E-state index >= 15 is 0 Å². The third-order valence-corrected chi connectivity index (χ3v) is 4.05. The molecule has 0 fully saturated rings. The van der Waals surface area contributed by atoms with Crippen molar-refractivity contribution in [2.45, 2.75) is 6.04 Å². The van der Waals surface area contributed by atoms with E-state index in [2.05, 4.69) is 46.5 Å². The van der Waals surface area contributed by atoms with Crippen molar-refractivity contribution >= 4 is 23.1 Å². The van der Waals surface area contributed by atoms with Crippen LogP contribution in [0.3, 0.4) is 0 Å². The smallest absolute Gasteiger partial charge is 0.115 e. The van der Waals surface area contributed by atoms with Gasteiger partial charge in [0.25, 0.3) is 0 Å². The van der Waals surface area contributed by atoms with Crippen molar-refractivity contribution in [3.05, 3.63) is 64.7 Å². The quantitative estimate of drug-likeness (QED) is 0.867. The minimum absolute atomic E-state index is 0.159. The molecule has 2 aromatic carbocycles. The summed E-state index contributed by atoms with van der Waals surface area (Å²) in [6.07, 6.45) is 0. The second kappa shape index (κ2) is 5.88. The largest absolute Gasteiger partial charge is 0.343 e. The summed E-state index contributed by atoms with van der Waals surface area (Å²) in [5.41, 5.74) is 3.50. The van der Waals surface area contributed by atoms with Crippen LogP contribution in [0.15, 0.2) is 53.5 Å². The molecular formula is C17H18ClN3. The lowest BCUT2D eigenvalue weighted by Gasteiger charge is -2.27. The Morgan fingerprint density at radius 2 is 1.95 bits per heavy atom. The molecule has 2 aromatic rings. The van der Waals surface area contributed by atoms with Crippen LogP contribution in [-0.4, -0.2) is 31.4 Å². The maximum Gasteiger partial charge on any atom is 0.115 e. The summed E-state index contributed by atoms with van der Waals surface area (Å²) in [5.74, 6) is 0.958. The molecule has 0 aromatic heterocycles. The van der Waals surface area contributed by atoms with Crippen LogP contribution in [0.25, 0.3) is 0 Å². The van der Waals surface area contributed by atoms with Gasteiger partial charge in [-0.15, -0.1) is 0 Å². The highest BCUT2D eigenvalue weighted by Crippen LogP contribution is 2.36. The SMILES string of the molecule is CN=C1CN(C)C(c2ccccc2)c2cc(Cl)ccc2N1. The Kier molecular flexibility index (Phi) is 3.95. The molecule has 0 radical (unpaired) electrons. The molecule has 1 atom stereocenters. The first-order valence-electron chi connectivity index (χ1n) is 6.96. The van der Waals surface area contributed by atoms with E-state index in [0.29, 0.717) is 0 Å². The van der Waals surface area contributed by atoms with E-state index in [0.717, 1.165) is 23.1 Å². The molecule has 0 amide bonds. The van der Waals surface area contributed by atoms with E-state index in [9.17, 15) is 0 Å². The zero-order valence-corrected chi connectivity index (χ0v) is 12.9. The van der Waals surface area contributed by atoms with E-state index in [1.54, 1.807) is 0 Å². The maximum absolute atomic E-state index is 6.22. The highest BCUT2D eigenvalue weighted by molar-refractivity contribution is 6.30. The van der Waals surface area contributed by atoms with Gasteiger partial charge in [-0.1, -0.05) is 41.9 Å². The van der Waals surface area contributed by atoms with Crippen molar-refractivity contribution in [1.29, 1.82) is 0 Å².